The normalized spacial score (nSPS) is 10.2. The van der Waals surface area contributed by atoms with Gasteiger partial charge >= 0.3 is 0 Å². The number of rotatable bonds is 4. The Labute approximate surface area is 117 Å². The van der Waals surface area contributed by atoms with E-state index in [0.29, 0.717) is 16.7 Å². The summed E-state index contributed by atoms with van der Waals surface area (Å²) in [6, 6.07) is 7.29. The summed E-state index contributed by atoms with van der Waals surface area (Å²) < 4.78 is 5.12. The molecule has 4 heteroatoms. The minimum atomic E-state index is -0.0878. The highest BCUT2D eigenvalue weighted by molar-refractivity contribution is 6.08. The number of benzene rings is 1. The van der Waals surface area contributed by atoms with Gasteiger partial charge in [0.25, 0.3) is 0 Å². The number of H-pyrrole nitrogens is 1. The molecule has 102 valence electrons. The minimum Gasteiger partial charge on any atom is -0.497 e. The van der Waals surface area contributed by atoms with Crippen LogP contribution < -0.4 is 9.72 Å². The molecule has 0 aliphatic heterocycles. The summed E-state index contributed by atoms with van der Waals surface area (Å²) in [5.74, 6) is 0.551. The van der Waals surface area contributed by atoms with Crippen LogP contribution in [0.4, 0.5) is 0 Å². The van der Waals surface area contributed by atoms with Crippen LogP contribution in [0.15, 0.2) is 36.7 Å². The van der Waals surface area contributed by atoms with Crippen LogP contribution in [0.25, 0.3) is 11.1 Å². The Hall–Kier alpha value is -2.49. The number of ether oxygens (including phenoxy) is 1. The second-order valence-corrected chi connectivity index (χ2v) is 4.50. The van der Waals surface area contributed by atoms with Gasteiger partial charge in [0, 0.05) is 5.56 Å². The zero-order chi connectivity index (χ0) is 14.7. The predicted molar refractivity (Wildman–Crippen MR) is 75.0 cm³/mol. The summed E-state index contributed by atoms with van der Waals surface area (Å²) >= 11 is 0. The molecule has 0 fully saturated rings. The molecule has 0 spiro atoms. The molecule has 0 atom stereocenters. The van der Waals surface area contributed by atoms with Crippen molar-refractivity contribution in [2.75, 3.05) is 7.11 Å². The minimum absolute atomic E-state index is 0.0878. The average Bonchev–Trinajstić information content (AvgIpc) is 2.46. The molecule has 0 aliphatic carbocycles. The lowest BCUT2D eigenvalue weighted by atomic mass is 9.93. The van der Waals surface area contributed by atoms with Crippen molar-refractivity contribution in [1.29, 1.82) is 0 Å². The van der Waals surface area contributed by atoms with E-state index >= 15 is 0 Å². The molecule has 4 nitrogen and oxygen atoms in total. The monoisotopic (exact) mass is 270 g/mol. The molecule has 0 aliphatic rings. The third kappa shape index (κ3) is 2.59. The maximum absolute atomic E-state index is 11.8. The van der Waals surface area contributed by atoms with Crippen molar-refractivity contribution in [3.8, 4) is 16.9 Å². The molecule has 1 aromatic heterocycles. The van der Waals surface area contributed by atoms with Gasteiger partial charge in [0.05, 0.1) is 18.2 Å². The Morgan fingerprint density at radius 3 is 1.85 bits per heavy atom. The lowest BCUT2D eigenvalue weighted by molar-refractivity contribution is -0.378. The molecule has 0 bridgehead atoms. The lowest BCUT2D eigenvalue weighted by Gasteiger charge is -2.09. The highest BCUT2D eigenvalue weighted by Crippen LogP contribution is 2.28. The number of carbonyl (C=O) groups excluding carboxylic acids is 2. The molecule has 1 heterocycles. The summed E-state index contributed by atoms with van der Waals surface area (Å²) in [7, 11) is 1.59. The Morgan fingerprint density at radius 1 is 0.950 bits per heavy atom. The molecular weight excluding hydrogens is 254 g/mol. The molecule has 2 rings (SSSR count). The summed E-state index contributed by atoms with van der Waals surface area (Å²) in [4.78, 5) is 26.4. The predicted octanol–water partition coefficient (Wildman–Crippen LogP) is 2.58. The molecule has 0 saturated carbocycles. The molecule has 20 heavy (non-hydrogen) atoms. The second-order valence-electron chi connectivity index (χ2n) is 4.50. The Kier molecular flexibility index (Phi) is 3.94. The first-order valence-electron chi connectivity index (χ1n) is 6.25. The van der Waals surface area contributed by atoms with Gasteiger partial charge in [-0.25, -0.2) is 4.98 Å². The standard InChI is InChI=1S/C16H15NO3/c1-10(18)14-8-17-9-15(11(2)19)16(14)12-4-6-13(20-3)7-5-12/h4-9H,1-3H3/p+1. The van der Waals surface area contributed by atoms with Gasteiger partial charge in [0.2, 0.25) is 0 Å². The Balaban J connectivity index is 2.68. The molecule has 0 amide bonds. The molecule has 0 radical (unpaired) electrons. The number of hydrogen-bond donors (Lipinski definition) is 0. The van der Waals surface area contributed by atoms with Crippen LogP contribution in [0.2, 0.25) is 0 Å². The van der Waals surface area contributed by atoms with Crippen LogP contribution >= 0.6 is 0 Å². The molecular formula is C16H16NO3+. The average molecular weight is 270 g/mol. The molecule has 2 aromatic rings. The van der Waals surface area contributed by atoms with Crippen molar-refractivity contribution in [3.63, 3.8) is 0 Å². The van der Waals surface area contributed by atoms with Gasteiger partial charge in [0.1, 0.15) is 5.75 Å². The van der Waals surface area contributed by atoms with E-state index in [1.165, 1.54) is 13.8 Å². The molecule has 1 aromatic carbocycles. The van der Waals surface area contributed by atoms with Gasteiger partial charge in [-0.05, 0) is 31.5 Å². The van der Waals surface area contributed by atoms with E-state index in [-0.39, 0.29) is 11.6 Å². The number of Topliss-reactive ketones (excluding diaryl/α,β-unsaturated/α-hetero) is 2. The first-order valence-corrected chi connectivity index (χ1v) is 6.25. The van der Waals surface area contributed by atoms with E-state index in [0.717, 1.165) is 11.3 Å². The molecule has 1 N–H and O–H groups in total. The van der Waals surface area contributed by atoms with Gasteiger partial charge in [-0.15, -0.1) is 0 Å². The fraction of sp³-hybridized carbons (Fsp3) is 0.188. The van der Waals surface area contributed by atoms with E-state index in [1.807, 2.05) is 12.1 Å². The first kappa shape index (κ1) is 13.9. The van der Waals surface area contributed by atoms with E-state index < -0.39 is 0 Å². The number of hydrogen-bond acceptors (Lipinski definition) is 3. The van der Waals surface area contributed by atoms with Gasteiger partial charge in [-0.3, -0.25) is 9.59 Å². The number of ketones is 2. The highest BCUT2D eigenvalue weighted by atomic mass is 16.5. The summed E-state index contributed by atoms with van der Waals surface area (Å²) in [6.45, 7) is 2.97. The number of nitrogens with one attached hydrogen (secondary N) is 1. The summed E-state index contributed by atoms with van der Waals surface area (Å²) in [6.07, 6.45) is 3.24. The zero-order valence-electron chi connectivity index (χ0n) is 11.7. The van der Waals surface area contributed by atoms with Gasteiger partial charge in [-0.2, -0.15) is 0 Å². The van der Waals surface area contributed by atoms with E-state index in [9.17, 15) is 9.59 Å². The fourth-order valence-corrected chi connectivity index (χ4v) is 2.12. The number of aromatic amines is 1. The van der Waals surface area contributed by atoms with Crippen molar-refractivity contribution < 1.29 is 19.3 Å². The lowest BCUT2D eigenvalue weighted by Crippen LogP contribution is -2.13. The van der Waals surface area contributed by atoms with Crippen molar-refractivity contribution >= 4 is 11.6 Å². The smallest absolute Gasteiger partial charge is 0.178 e. The van der Waals surface area contributed by atoms with Crippen molar-refractivity contribution in [3.05, 3.63) is 47.8 Å². The zero-order valence-corrected chi connectivity index (χ0v) is 11.7. The number of methoxy groups -OCH3 is 1. The van der Waals surface area contributed by atoms with Crippen molar-refractivity contribution in [2.45, 2.75) is 13.8 Å². The van der Waals surface area contributed by atoms with Crippen molar-refractivity contribution in [2.24, 2.45) is 0 Å². The Morgan fingerprint density at radius 2 is 1.45 bits per heavy atom. The van der Waals surface area contributed by atoms with Gasteiger partial charge in [-0.1, -0.05) is 12.1 Å². The third-order valence-electron chi connectivity index (χ3n) is 3.13. The summed E-state index contributed by atoms with van der Waals surface area (Å²) in [5.41, 5.74) is 2.48. The van der Waals surface area contributed by atoms with Gasteiger partial charge in [0.15, 0.2) is 24.0 Å². The van der Waals surface area contributed by atoms with Gasteiger partial charge < -0.3 is 4.74 Å². The first-order chi connectivity index (χ1) is 9.54. The van der Waals surface area contributed by atoms with Crippen LogP contribution in [0, 0.1) is 0 Å². The SMILES string of the molecule is COc1ccc(-c2c(C(C)=O)c[nH+]cc2C(C)=O)cc1. The summed E-state index contributed by atoms with van der Waals surface area (Å²) in [5, 5.41) is 0. The Bertz CT molecular complexity index is 628. The molecule has 0 saturated heterocycles. The maximum Gasteiger partial charge on any atom is 0.178 e. The van der Waals surface area contributed by atoms with E-state index in [4.69, 9.17) is 4.74 Å². The molecule has 0 unspecified atom stereocenters. The van der Waals surface area contributed by atoms with E-state index in [2.05, 4.69) is 4.98 Å². The van der Waals surface area contributed by atoms with Crippen molar-refractivity contribution in [1.82, 2.24) is 0 Å². The maximum atomic E-state index is 11.8. The fourth-order valence-electron chi connectivity index (χ4n) is 2.12. The van der Waals surface area contributed by atoms with Crippen LogP contribution in [-0.2, 0) is 0 Å². The third-order valence-corrected chi connectivity index (χ3v) is 3.13. The van der Waals surface area contributed by atoms with Crippen LogP contribution in [0.1, 0.15) is 34.6 Å². The van der Waals surface area contributed by atoms with Crippen LogP contribution in [-0.4, -0.2) is 18.7 Å². The van der Waals surface area contributed by atoms with Crippen LogP contribution in [0.5, 0.6) is 5.75 Å². The topological polar surface area (TPSA) is 57.5 Å². The van der Waals surface area contributed by atoms with Crippen LogP contribution in [0.3, 0.4) is 0 Å². The quantitative estimate of drug-likeness (QED) is 0.802. The second kappa shape index (κ2) is 5.65. The van der Waals surface area contributed by atoms with E-state index in [1.54, 1.807) is 31.6 Å². The number of carbonyl (C=O) groups is 2. The number of aromatic nitrogens is 1. The largest absolute Gasteiger partial charge is 0.497 e. The number of pyridine rings is 1. The highest BCUT2D eigenvalue weighted by Gasteiger charge is 2.20.